The third-order valence-electron chi connectivity index (χ3n) is 9.60. The molecule has 8 nitrogen and oxygen atoms in total. The molecule has 11 rings (SSSR count). The maximum absolute atomic E-state index is 6.47. The molecule has 0 aliphatic carbocycles. The number of oxazole rings is 2. The minimum atomic E-state index is 0.485. The first-order chi connectivity index (χ1) is 26.2. The van der Waals surface area contributed by atoms with Crippen LogP contribution in [0.25, 0.3) is 112 Å². The number of hydrogen-bond acceptors (Lipinski definition) is 8. The SMILES string of the molecule is c1ccc(-c2nc(-c3ccc4ccc5oc6ccc7nc(-c8ccccc8)oc7c6c5c4c3)nc(-c3cccc4nc(-c5ccccc5)oc34)n2)cc1. The van der Waals surface area contributed by atoms with E-state index in [4.69, 9.17) is 38.2 Å². The molecule has 248 valence electrons. The second kappa shape index (κ2) is 11.5. The Balaban J connectivity index is 1.13. The topological polar surface area (TPSA) is 104 Å². The summed E-state index contributed by atoms with van der Waals surface area (Å²) in [5.41, 5.74) is 8.48. The summed E-state index contributed by atoms with van der Waals surface area (Å²) in [6.07, 6.45) is 0. The molecular formula is C45H25N5O3. The Kier molecular flexibility index (Phi) is 6.38. The van der Waals surface area contributed by atoms with Gasteiger partial charge in [0.05, 0.1) is 10.9 Å². The first-order valence-electron chi connectivity index (χ1n) is 17.2. The van der Waals surface area contributed by atoms with Crippen LogP contribution >= 0.6 is 0 Å². The normalized spacial score (nSPS) is 11.8. The van der Waals surface area contributed by atoms with Gasteiger partial charge in [-0.1, -0.05) is 91.0 Å². The number of nitrogens with zero attached hydrogens (tertiary/aromatic N) is 5. The van der Waals surface area contributed by atoms with Gasteiger partial charge < -0.3 is 13.3 Å². The molecule has 53 heavy (non-hydrogen) atoms. The molecule has 11 aromatic rings. The molecule has 0 bridgehead atoms. The van der Waals surface area contributed by atoms with Gasteiger partial charge in [0.1, 0.15) is 22.2 Å². The zero-order valence-electron chi connectivity index (χ0n) is 27.9. The molecule has 8 heteroatoms. The summed E-state index contributed by atoms with van der Waals surface area (Å²) in [6.45, 7) is 0. The Morgan fingerprint density at radius 3 is 1.64 bits per heavy atom. The summed E-state index contributed by atoms with van der Waals surface area (Å²) >= 11 is 0. The number of furan rings is 1. The fraction of sp³-hybridized carbons (Fsp3) is 0. The van der Waals surface area contributed by atoms with E-state index in [1.165, 1.54) is 0 Å². The quantitative estimate of drug-likeness (QED) is 0.176. The Morgan fingerprint density at radius 2 is 0.925 bits per heavy atom. The van der Waals surface area contributed by atoms with Crippen molar-refractivity contribution in [1.29, 1.82) is 0 Å². The highest BCUT2D eigenvalue weighted by molar-refractivity contribution is 6.25. The van der Waals surface area contributed by atoms with Crippen LogP contribution in [0.4, 0.5) is 0 Å². The summed E-state index contributed by atoms with van der Waals surface area (Å²) in [5, 5.41) is 3.85. The number of fused-ring (bicyclic) bond motifs is 8. The Bertz CT molecular complexity index is 3170. The van der Waals surface area contributed by atoms with E-state index in [9.17, 15) is 0 Å². The minimum Gasteiger partial charge on any atom is -0.456 e. The maximum Gasteiger partial charge on any atom is 0.227 e. The smallest absolute Gasteiger partial charge is 0.227 e. The van der Waals surface area contributed by atoms with E-state index in [-0.39, 0.29) is 0 Å². The van der Waals surface area contributed by atoms with Crippen LogP contribution in [0.5, 0.6) is 0 Å². The van der Waals surface area contributed by atoms with Gasteiger partial charge in [0.15, 0.2) is 28.6 Å². The summed E-state index contributed by atoms with van der Waals surface area (Å²) in [5.74, 6) is 2.66. The zero-order valence-corrected chi connectivity index (χ0v) is 27.9. The third kappa shape index (κ3) is 4.81. The largest absolute Gasteiger partial charge is 0.456 e. The van der Waals surface area contributed by atoms with Crippen molar-refractivity contribution < 1.29 is 13.3 Å². The maximum atomic E-state index is 6.47. The predicted octanol–water partition coefficient (Wildman–Crippen LogP) is 11.5. The van der Waals surface area contributed by atoms with Crippen molar-refractivity contribution in [1.82, 2.24) is 24.9 Å². The summed E-state index contributed by atoms with van der Waals surface area (Å²) in [6, 6.07) is 49.8. The van der Waals surface area contributed by atoms with Crippen molar-refractivity contribution in [2.24, 2.45) is 0 Å². The molecule has 0 saturated heterocycles. The predicted molar refractivity (Wildman–Crippen MR) is 207 cm³/mol. The molecule has 0 unspecified atom stereocenters. The van der Waals surface area contributed by atoms with Crippen molar-refractivity contribution in [2.45, 2.75) is 0 Å². The number of aromatic nitrogens is 5. The Morgan fingerprint density at radius 1 is 0.358 bits per heavy atom. The van der Waals surface area contributed by atoms with E-state index in [1.807, 2.05) is 133 Å². The molecule has 0 amide bonds. The van der Waals surface area contributed by atoms with Gasteiger partial charge in [-0.05, 0) is 71.4 Å². The Labute approximate surface area is 301 Å². The Hall–Kier alpha value is -7.45. The van der Waals surface area contributed by atoms with Crippen LogP contribution in [0.2, 0.25) is 0 Å². The average Bonchev–Trinajstić information content (AvgIpc) is 3.97. The van der Waals surface area contributed by atoms with Gasteiger partial charge in [0.2, 0.25) is 11.8 Å². The fourth-order valence-electron chi connectivity index (χ4n) is 7.07. The molecule has 0 aliphatic heterocycles. The monoisotopic (exact) mass is 683 g/mol. The third-order valence-corrected chi connectivity index (χ3v) is 9.60. The molecule has 0 aliphatic rings. The number of hydrogen-bond donors (Lipinski definition) is 0. The van der Waals surface area contributed by atoms with Crippen LogP contribution in [0.15, 0.2) is 165 Å². The van der Waals surface area contributed by atoms with Gasteiger partial charge in [-0.25, -0.2) is 24.9 Å². The van der Waals surface area contributed by atoms with Crippen LogP contribution in [-0.4, -0.2) is 24.9 Å². The first-order valence-corrected chi connectivity index (χ1v) is 17.2. The van der Waals surface area contributed by atoms with Gasteiger partial charge in [0.25, 0.3) is 0 Å². The molecule has 0 radical (unpaired) electrons. The summed E-state index contributed by atoms with van der Waals surface area (Å²) in [7, 11) is 0. The zero-order chi connectivity index (χ0) is 34.9. The molecule has 0 spiro atoms. The lowest BCUT2D eigenvalue weighted by atomic mass is 10.0. The lowest BCUT2D eigenvalue weighted by molar-refractivity contribution is 0.620. The molecule has 0 N–H and O–H groups in total. The van der Waals surface area contributed by atoms with Gasteiger partial charge in [-0.2, -0.15) is 0 Å². The molecule has 0 fully saturated rings. The standard InChI is InChI=1S/C45H25N5O3/c1-4-11-27(12-5-1)41-48-42(50-43(49-41)31-17-10-18-33-39(31)52-44(46-33)28-13-6-2-7-14-28)30-20-19-26-21-23-35-37(32(26)25-30)38-36(51-35)24-22-34-40(38)53-45(47-34)29-15-8-3-9-16-29/h1-25H. The van der Waals surface area contributed by atoms with Crippen LogP contribution in [-0.2, 0) is 0 Å². The van der Waals surface area contributed by atoms with E-state index in [0.29, 0.717) is 40.4 Å². The molecule has 0 saturated carbocycles. The highest BCUT2D eigenvalue weighted by atomic mass is 16.4. The fourth-order valence-corrected chi connectivity index (χ4v) is 7.07. The summed E-state index contributed by atoms with van der Waals surface area (Å²) < 4.78 is 19.3. The number of benzene rings is 7. The van der Waals surface area contributed by atoms with Gasteiger partial charge >= 0.3 is 0 Å². The van der Waals surface area contributed by atoms with Crippen molar-refractivity contribution in [2.75, 3.05) is 0 Å². The number of rotatable bonds is 5. The minimum absolute atomic E-state index is 0.485. The average molecular weight is 684 g/mol. The van der Waals surface area contributed by atoms with Crippen LogP contribution in [0.3, 0.4) is 0 Å². The van der Waals surface area contributed by atoms with Crippen molar-refractivity contribution >= 4 is 54.9 Å². The van der Waals surface area contributed by atoms with E-state index < -0.39 is 0 Å². The van der Waals surface area contributed by atoms with Gasteiger partial charge in [-0.3, -0.25) is 0 Å². The molecule has 4 heterocycles. The van der Waals surface area contributed by atoms with Gasteiger partial charge in [-0.15, -0.1) is 0 Å². The van der Waals surface area contributed by atoms with E-state index in [1.54, 1.807) is 0 Å². The lowest BCUT2D eigenvalue weighted by Crippen LogP contribution is -2.00. The molecular weight excluding hydrogens is 659 g/mol. The first kappa shape index (κ1) is 29.3. The van der Waals surface area contributed by atoms with Crippen molar-refractivity contribution in [3.8, 4) is 57.1 Å². The van der Waals surface area contributed by atoms with Crippen LogP contribution in [0, 0.1) is 0 Å². The second-order valence-corrected chi connectivity index (χ2v) is 12.9. The van der Waals surface area contributed by atoms with Crippen molar-refractivity contribution in [3.63, 3.8) is 0 Å². The van der Waals surface area contributed by atoms with Gasteiger partial charge in [0, 0.05) is 27.6 Å². The summed E-state index contributed by atoms with van der Waals surface area (Å²) in [4.78, 5) is 24.8. The van der Waals surface area contributed by atoms with E-state index in [2.05, 4.69) is 18.2 Å². The van der Waals surface area contributed by atoms with Crippen molar-refractivity contribution in [3.05, 3.63) is 152 Å². The van der Waals surface area contributed by atoms with Crippen LogP contribution in [0.1, 0.15) is 0 Å². The van der Waals surface area contributed by atoms with E-state index >= 15 is 0 Å². The molecule has 7 aromatic carbocycles. The molecule has 4 aromatic heterocycles. The molecule has 0 atom stereocenters. The van der Waals surface area contributed by atoms with Crippen LogP contribution < -0.4 is 0 Å². The highest BCUT2D eigenvalue weighted by Crippen LogP contribution is 2.41. The second-order valence-electron chi connectivity index (χ2n) is 12.9. The highest BCUT2D eigenvalue weighted by Gasteiger charge is 2.21. The van der Waals surface area contributed by atoms with E-state index in [0.717, 1.165) is 71.6 Å². The lowest BCUT2D eigenvalue weighted by Gasteiger charge is -2.09. The number of para-hydroxylation sites is 1.